The molecule has 6 nitrogen and oxygen atoms in total. The molecule has 20 heavy (non-hydrogen) atoms. The van der Waals surface area contributed by atoms with Gasteiger partial charge in [-0.25, -0.2) is 0 Å². The molecule has 0 amide bonds. The van der Waals surface area contributed by atoms with Crippen molar-refractivity contribution in [3.05, 3.63) is 48.0 Å². The molecule has 0 aliphatic carbocycles. The SMILES string of the molecule is CC(C)(CNc1ccc2nnnn2n1)c1ccccc1. The molecule has 0 spiro atoms. The summed E-state index contributed by atoms with van der Waals surface area (Å²) in [5.74, 6) is 0.758. The summed E-state index contributed by atoms with van der Waals surface area (Å²) in [6, 6.07) is 14.1. The highest BCUT2D eigenvalue weighted by molar-refractivity contribution is 5.42. The Balaban J connectivity index is 1.75. The summed E-state index contributed by atoms with van der Waals surface area (Å²) in [6.45, 7) is 5.17. The van der Waals surface area contributed by atoms with E-state index in [1.165, 1.54) is 10.2 Å². The van der Waals surface area contributed by atoms with Gasteiger partial charge in [-0.15, -0.1) is 14.8 Å². The number of aromatic nitrogens is 5. The van der Waals surface area contributed by atoms with Crippen LogP contribution in [0.15, 0.2) is 42.5 Å². The Morgan fingerprint density at radius 1 is 1.10 bits per heavy atom. The van der Waals surface area contributed by atoms with E-state index in [0.29, 0.717) is 5.65 Å². The number of tetrazole rings is 1. The fourth-order valence-electron chi connectivity index (χ4n) is 2.05. The van der Waals surface area contributed by atoms with Crippen LogP contribution in [0, 0.1) is 0 Å². The highest BCUT2D eigenvalue weighted by atomic mass is 15.6. The van der Waals surface area contributed by atoms with Crippen LogP contribution in [-0.2, 0) is 5.41 Å². The monoisotopic (exact) mass is 268 g/mol. The Bertz CT molecular complexity index is 704. The molecule has 3 aromatic rings. The molecule has 0 saturated carbocycles. The van der Waals surface area contributed by atoms with Crippen LogP contribution in [0.4, 0.5) is 5.82 Å². The normalized spacial score (nSPS) is 11.7. The summed E-state index contributed by atoms with van der Waals surface area (Å²) in [4.78, 5) is 0. The molecule has 0 saturated heterocycles. The predicted octanol–water partition coefficient (Wildman–Crippen LogP) is 1.91. The maximum Gasteiger partial charge on any atom is 0.200 e. The van der Waals surface area contributed by atoms with Crippen molar-refractivity contribution in [1.29, 1.82) is 0 Å². The molecule has 0 fully saturated rings. The van der Waals surface area contributed by atoms with Gasteiger partial charge in [0, 0.05) is 12.0 Å². The van der Waals surface area contributed by atoms with Crippen LogP contribution >= 0.6 is 0 Å². The van der Waals surface area contributed by atoms with Gasteiger partial charge in [-0.2, -0.15) is 0 Å². The van der Waals surface area contributed by atoms with Gasteiger partial charge >= 0.3 is 0 Å². The van der Waals surface area contributed by atoms with E-state index in [2.05, 4.69) is 64.1 Å². The number of nitrogens with zero attached hydrogens (tertiary/aromatic N) is 5. The second-order valence-corrected chi connectivity index (χ2v) is 5.35. The van der Waals surface area contributed by atoms with E-state index >= 15 is 0 Å². The molecule has 0 unspecified atom stereocenters. The van der Waals surface area contributed by atoms with Gasteiger partial charge in [0.15, 0.2) is 5.65 Å². The fraction of sp³-hybridized carbons (Fsp3) is 0.286. The van der Waals surface area contributed by atoms with E-state index in [9.17, 15) is 0 Å². The van der Waals surface area contributed by atoms with E-state index in [1.54, 1.807) is 0 Å². The topological polar surface area (TPSA) is 68.0 Å². The molecule has 1 N–H and O–H groups in total. The molecule has 2 aromatic heterocycles. The van der Waals surface area contributed by atoms with Crippen LogP contribution in [0.25, 0.3) is 5.65 Å². The number of rotatable bonds is 4. The number of nitrogens with one attached hydrogen (secondary N) is 1. The molecular formula is C14H16N6. The molecule has 0 atom stereocenters. The molecule has 0 aliphatic heterocycles. The lowest BCUT2D eigenvalue weighted by Gasteiger charge is -2.25. The smallest absolute Gasteiger partial charge is 0.200 e. The zero-order valence-corrected chi connectivity index (χ0v) is 11.5. The maximum atomic E-state index is 4.30. The minimum Gasteiger partial charge on any atom is -0.368 e. The molecule has 1 aromatic carbocycles. The molecule has 6 heteroatoms. The summed E-state index contributed by atoms with van der Waals surface area (Å²) in [7, 11) is 0. The Labute approximate surface area is 116 Å². The third kappa shape index (κ3) is 2.45. The van der Waals surface area contributed by atoms with Gasteiger partial charge in [-0.1, -0.05) is 44.2 Å². The van der Waals surface area contributed by atoms with Crippen molar-refractivity contribution >= 4 is 11.5 Å². The van der Waals surface area contributed by atoms with Crippen LogP contribution in [0.3, 0.4) is 0 Å². The quantitative estimate of drug-likeness (QED) is 0.782. The second kappa shape index (κ2) is 4.88. The maximum absolute atomic E-state index is 4.30. The van der Waals surface area contributed by atoms with Crippen LogP contribution < -0.4 is 5.32 Å². The summed E-state index contributed by atoms with van der Waals surface area (Å²) in [5.41, 5.74) is 1.94. The van der Waals surface area contributed by atoms with Gasteiger partial charge in [0.2, 0.25) is 0 Å². The summed E-state index contributed by atoms with van der Waals surface area (Å²) >= 11 is 0. The van der Waals surface area contributed by atoms with Gasteiger partial charge in [0.25, 0.3) is 0 Å². The lowest BCUT2D eigenvalue weighted by molar-refractivity contribution is 0.555. The van der Waals surface area contributed by atoms with Crippen molar-refractivity contribution in [2.45, 2.75) is 19.3 Å². The van der Waals surface area contributed by atoms with Crippen LogP contribution in [0.2, 0.25) is 0 Å². The first-order valence-corrected chi connectivity index (χ1v) is 6.50. The van der Waals surface area contributed by atoms with E-state index < -0.39 is 0 Å². The molecule has 0 aliphatic rings. The first kappa shape index (κ1) is 12.5. The van der Waals surface area contributed by atoms with Crippen LogP contribution in [0.5, 0.6) is 0 Å². The van der Waals surface area contributed by atoms with Crippen molar-refractivity contribution in [2.75, 3.05) is 11.9 Å². The third-order valence-electron chi connectivity index (χ3n) is 3.34. The van der Waals surface area contributed by atoms with Gasteiger partial charge in [-0.05, 0) is 28.1 Å². The summed E-state index contributed by atoms with van der Waals surface area (Å²) in [6.07, 6.45) is 0. The van der Waals surface area contributed by atoms with Gasteiger partial charge in [-0.3, -0.25) is 0 Å². The van der Waals surface area contributed by atoms with Crippen LogP contribution in [0.1, 0.15) is 19.4 Å². The van der Waals surface area contributed by atoms with Crippen molar-refractivity contribution in [2.24, 2.45) is 0 Å². The lowest BCUT2D eigenvalue weighted by Crippen LogP contribution is -2.28. The van der Waals surface area contributed by atoms with E-state index in [-0.39, 0.29) is 5.41 Å². The first-order chi connectivity index (χ1) is 9.65. The lowest BCUT2D eigenvalue weighted by atomic mass is 9.85. The zero-order chi connectivity index (χ0) is 14.0. The first-order valence-electron chi connectivity index (χ1n) is 6.50. The Morgan fingerprint density at radius 2 is 1.90 bits per heavy atom. The fourth-order valence-corrected chi connectivity index (χ4v) is 2.05. The molecule has 0 bridgehead atoms. The van der Waals surface area contributed by atoms with Crippen LogP contribution in [-0.4, -0.2) is 31.8 Å². The molecule has 2 heterocycles. The van der Waals surface area contributed by atoms with E-state index in [4.69, 9.17) is 0 Å². The minimum atomic E-state index is 0.0124. The summed E-state index contributed by atoms with van der Waals surface area (Å²) < 4.78 is 1.41. The van der Waals surface area contributed by atoms with Crippen molar-refractivity contribution in [3.63, 3.8) is 0 Å². The zero-order valence-electron chi connectivity index (χ0n) is 11.5. The Morgan fingerprint density at radius 3 is 2.70 bits per heavy atom. The van der Waals surface area contributed by atoms with Crippen molar-refractivity contribution < 1.29 is 0 Å². The third-order valence-corrected chi connectivity index (χ3v) is 3.34. The molecular weight excluding hydrogens is 252 g/mol. The van der Waals surface area contributed by atoms with E-state index in [1.807, 2.05) is 18.2 Å². The van der Waals surface area contributed by atoms with Gasteiger partial charge in [0.1, 0.15) is 5.82 Å². The molecule has 102 valence electrons. The van der Waals surface area contributed by atoms with Crippen molar-refractivity contribution in [3.8, 4) is 0 Å². The average Bonchev–Trinajstić information content (AvgIpc) is 2.94. The predicted molar refractivity (Wildman–Crippen MR) is 76.5 cm³/mol. The highest BCUT2D eigenvalue weighted by Gasteiger charge is 2.20. The average molecular weight is 268 g/mol. The number of hydrogen-bond donors (Lipinski definition) is 1. The Hall–Kier alpha value is -2.50. The largest absolute Gasteiger partial charge is 0.368 e. The minimum absolute atomic E-state index is 0.0124. The summed E-state index contributed by atoms with van der Waals surface area (Å²) in [5, 5.41) is 18.8. The number of hydrogen-bond acceptors (Lipinski definition) is 5. The van der Waals surface area contributed by atoms with Gasteiger partial charge < -0.3 is 5.32 Å². The number of fused-ring (bicyclic) bond motifs is 1. The van der Waals surface area contributed by atoms with E-state index in [0.717, 1.165) is 12.4 Å². The highest BCUT2D eigenvalue weighted by Crippen LogP contribution is 2.23. The number of anilines is 1. The molecule has 3 rings (SSSR count). The molecule has 0 radical (unpaired) electrons. The Kier molecular flexibility index (Phi) is 3.06. The second-order valence-electron chi connectivity index (χ2n) is 5.35. The van der Waals surface area contributed by atoms with Gasteiger partial charge in [0.05, 0.1) is 0 Å². The van der Waals surface area contributed by atoms with Crippen molar-refractivity contribution in [1.82, 2.24) is 25.3 Å². The standard InChI is InChI=1S/C14H16N6/c1-14(2,11-6-4-3-5-7-11)10-15-12-8-9-13-16-18-19-20(13)17-12/h3-9H,10H2,1-2H3,(H,15,17). The number of benzene rings is 1.